The van der Waals surface area contributed by atoms with Crippen molar-refractivity contribution in [2.24, 2.45) is 0 Å². The summed E-state index contributed by atoms with van der Waals surface area (Å²) in [7, 11) is 0. The standard InChI is InChI=1S/C12H12O4/c13-12(14)11-10(16-11)8-3-4-9-7(6-8)2-1-5-15-9/h3-4,6,10-11H,1-2,5H2,(H,13,14). The first-order chi connectivity index (χ1) is 7.75. The Hall–Kier alpha value is -1.55. The molecule has 0 saturated carbocycles. The molecule has 0 radical (unpaired) electrons. The van der Waals surface area contributed by atoms with Gasteiger partial charge in [0.15, 0.2) is 6.10 Å². The molecule has 3 rings (SSSR count). The molecule has 84 valence electrons. The minimum Gasteiger partial charge on any atom is -0.493 e. The van der Waals surface area contributed by atoms with E-state index in [-0.39, 0.29) is 6.10 Å². The first kappa shape index (κ1) is 9.66. The van der Waals surface area contributed by atoms with Crippen LogP contribution >= 0.6 is 0 Å². The van der Waals surface area contributed by atoms with E-state index in [0.717, 1.165) is 36.3 Å². The summed E-state index contributed by atoms with van der Waals surface area (Å²) in [5.74, 6) is 0.0292. The van der Waals surface area contributed by atoms with Crippen LogP contribution in [0.3, 0.4) is 0 Å². The number of carboxylic acids is 1. The maximum Gasteiger partial charge on any atom is 0.335 e. The second-order valence-corrected chi connectivity index (χ2v) is 4.13. The van der Waals surface area contributed by atoms with Gasteiger partial charge in [0.25, 0.3) is 0 Å². The predicted octanol–water partition coefficient (Wildman–Crippen LogP) is 1.54. The van der Waals surface area contributed by atoms with Crippen molar-refractivity contribution in [3.63, 3.8) is 0 Å². The van der Waals surface area contributed by atoms with Crippen molar-refractivity contribution >= 4 is 5.97 Å². The topological polar surface area (TPSA) is 59.1 Å². The molecule has 16 heavy (non-hydrogen) atoms. The van der Waals surface area contributed by atoms with Gasteiger partial charge < -0.3 is 14.6 Å². The maximum atomic E-state index is 10.7. The molecule has 2 heterocycles. The van der Waals surface area contributed by atoms with E-state index in [1.807, 2.05) is 18.2 Å². The quantitative estimate of drug-likeness (QED) is 0.768. The summed E-state index contributed by atoms with van der Waals surface area (Å²) in [5.41, 5.74) is 2.10. The lowest BCUT2D eigenvalue weighted by molar-refractivity contribution is -0.138. The van der Waals surface area contributed by atoms with Crippen molar-refractivity contribution in [1.82, 2.24) is 0 Å². The minimum absolute atomic E-state index is 0.273. The zero-order valence-electron chi connectivity index (χ0n) is 8.68. The number of aryl methyl sites for hydroxylation is 1. The number of fused-ring (bicyclic) bond motifs is 1. The third kappa shape index (κ3) is 1.55. The Labute approximate surface area is 92.8 Å². The molecule has 0 aliphatic carbocycles. The third-order valence-corrected chi connectivity index (χ3v) is 3.00. The number of hydrogen-bond donors (Lipinski definition) is 1. The second-order valence-electron chi connectivity index (χ2n) is 4.13. The Balaban J connectivity index is 1.85. The molecule has 2 aliphatic rings. The summed E-state index contributed by atoms with van der Waals surface area (Å²) in [6.07, 6.45) is 1.07. The van der Waals surface area contributed by atoms with Crippen molar-refractivity contribution in [3.05, 3.63) is 29.3 Å². The molecule has 1 aromatic carbocycles. The number of hydrogen-bond acceptors (Lipinski definition) is 3. The predicted molar refractivity (Wildman–Crippen MR) is 55.5 cm³/mol. The molecule has 0 bridgehead atoms. The van der Waals surface area contributed by atoms with Crippen LogP contribution in [0.2, 0.25) is 0 Å². The van der Waals surface area contributed by atoms with Crippen LogP contribution < -0.4 is 4.74 Å². The van der Waals surface area contributed by atoms with Crippen molar-refractivity contribution in [2.45, 2.75) is 25.0 Å². The molecule has 0 aromatic heterocycles. The van der Waals surface area contributed by atoms with Crippen LogP contribution in [0.15, 0.2) is 18.2 Å². The van der Waals surface area contributed by atoms with Crippen LogP contribution in [0, 0.1) is 0 Å². The lowest BCUT2D eigenvalue weighted by Gasteiger charge is -2.17. The van der Waals surface area contributed by atoms with Crippen LogP contribution in [-0.2, 0) is 16.0 Å². The van der Waals surface area contributed by atoms with Gasteiger partial charge in [0.05, 0.1) is 6.61 Å². The number of rotatable bonds is 2. The van der Waals surface area contributed by atoms with Crippen LogP contribution in [0.4, 0.5) is 0 Å². The summed E-state index contributed by atoms with van der Waals surface area (Å²) in [5, 5.41) is 8.77. The molecule has 2 atom stereocenters. The first-order valence-electron chi connectivity index (χ1n) is 5.39. The normalized spacial score (nSPS) is 26.8. The Morgan fingerprint density at radius 2 is 2.31 bits per heavy atom. The van der Waals surface area contributed by atoms with Gasteiger partial charge in [-0.15, -0.1) is 0 Å². The van der Waals surface area contributed by atoms with Crippen molar-refractivity contribution in [3.8, 4) is 5.75 Å². The van der Waals surface area contributed by atoms with E-state index in [1.165, 1.54) is 0 Å². The van der Waals surface area contributed by atoms with Gasteiger partial charge in [-0.1, -0.05) is 6.07 Å². The van der Waals surface area contributed by atoms with Gasteiger partial charge in [0.2, 0.25) is 0 Å². The molecule has 1 aromatic rings. The zero-order valence-corrected chi connectivity index (χ0v) is 8.68. The largest absolute Gasteiger partial charge is 0.493 e. The van der Waals surface area contributed by atoms with E-state index < -0.39 is 12.1 Å². The van der Waals surface area contributed by atoms with Gasteiger partial charge in [-0.3, -0.25) is 0 Å². The monoisotopic (exact) mass is 220 g/mol. The number of aliphatic carboxylic acids is 1. The summed E-state index contributed by atoms with van der Waals surface area (Å²) < 4.78 is 10.6. The molecule has 1 N–H and O–H groups in total. The second kappa shape index (κ2) is 3.49. The first-order valence-corrected chi connectivity index (χ1v) is 5.39. The van der Waals surface area contributed by atoms with Crippen LogP contribution in [-0.4, -0.2) is 23.8 Å². The molecular weight excluding hydrogens is 208 g/mol. The van der Waals surface area contributed by atoms with E-state index in [0.29, 0.717) is 0 Å². The molecule has 1 saturated heterocycles. The summed E-state index contributed by atoms with van der Waals surface area (Å²) in [6.45, 7) is 0.768. The van der Waals surface area contributed by atoms with E-state index in [1.54, 1.807) is 0 Å². The Kier molecular flexibility index (Phi) is 2.11. The number of ether oxygens (including phenoxy) is 2. The average molecular weight is 220 g/mol. The van der Waals surface area contributed by atoms with E-state index in [4.69, 9.17) is 14.6 Å². The lowest BCUT2D eigenvalue weighted by atomic mass is 10.0. The Morgan fingerprint density at radius 1 is 1.44 bits per heavy atom. The molecular formula is C12H12O4. The maximum absolute atomic E-state index is 10.7. The molecule has 1 fully saturated rings. The lowest BCUT2D eigenvalue weighted by Crippen LogP contribution is -2.09. The number of benzene rings is 1. The summed E-state index contributed by atoms with van der Waals surface area (Å²) in [4.78, 5) is 10.7. The van der Waals surface area contributed by atoms with Gasteiger partial charge >= 0.3 is 5.97 Å². The minimum atomic E-state index is -0.890. The van der Waals surface area contributed by atoms with Crippen molar-refractivity contribution in [2.75, 3.05) is 6.61 Å². The molecule has 0 spiro atoms. The Morgan fingerprint density at radius 3 is 3.06 bits per heavy atom. The average Bonchev–Trinajstić information content (AvgIpc) is 3.08. The van der Waals surface area contributed by atoms with Gasteiger partial charge in [0.1, 0.15) is 11.9 Å². The third-order valence-electron chi connectivity index (χ3n) is 3.00. The highest BCUT2D eigenvalue weighted by atomic mass is 16.6. The van der Waals surface area contributed by atoms with Gasteiger partial charge in [-0.2, -0.15) is 0 Å². The van der Waals surface area contributed by atoms with E-state index in [9.17, 15) is 4.79 Å². The van der Waals surface area contributed by atoms with Gasteiger partial charge in [-0.05, 0) is 36.1 Å². The molecule has 0 amide bonds. The number of carboxylic acid groups (broad SMARTS) is 1. The summed E-state index contributed by atoms with van der Waals surface area (Å²) in [6, 6.07) is 5.80. The van der Waals surface area contributed by atoms with Gasteiger partial charge in [0, 0.05) is 0 Å². The zero-order chi connectivity index (χ0) is 11.1. The fourth-order valence-electron chi connectivity index (χ4n) is 2.11. The SMILES string of the molecule is O=C(O)C1OC1c1ccc2c(c1)CCCO2. The highest BCUT2D eigenvalue weighted by Gasteiger charge is 2.46. The van der Waals surface area contributed by atoms with Crippen LogP contribution in [0.1, 0.15) is 23.7 Å². The molecule has 4 nitrogen and oxygen atoms in total. The number of epoxide rings is 1. The summed E-state index contributed by atoms with van der Waals surface area (Å²) >= 11 is 0. The van der Waals surface area contributed by atoms with E-state index >= 15 is 0 Å². The Bertz CT molecular complexity index is 441. The highest BCUT2D eigenvalue weighted by molar-refractivity contribution is 5.76. The van der Waals surface area contributed by atoms with Crippen LogP contribution in [0.5, 0.6) is 5.75 Å². The fourth-order valence-corrected chi connectivity index (χ4v) is 2.11. The molecule has 2 aliphatic heterocycles. The number of carbonyl (C=O) groups is 1. The van der Waals surface area contributed by atoms with Crippen molar-refractivity contribution in [1.29, 1.82) is 0 Å². The highest BCUT2D eigenvalue weighted by Crippen LogP contribution is 2.40. The van der Waals surface area contributed by atoms with Crippen molar-refractivity contribution < 1.29 is 19.4 Å². The van der Waals surface area contributed by atoms with Gasteiger partial charge in [-0.25, -0.2) is 4.79 Å². The molecule has 2 unspecified atom stereocenters. The smallest absolute Gasteiger partial charge is 0.335 e. The fraction of sp³-hybridized carbons (Fsp3) is 0.417. The molecule has 4 heteroatoms. The van der Waals surface area contributed by atoms with E-state index in [2.05, 4.69) is 0 Å². The van der Waals surface area contributed by atoms with Crippen LogP contribution in [0.25, 0.3) is 0 Å².